The molecule has 162 valence electrons. The Labute approximate surface area is 171 Å². The summed E-state index contributed by atoms with van der Waals surface area (Å²) in [5.74, 6) is -0.829. The third-order valence-corrected chi connectivity index (χ3v) is 4.20. The number of carbonyl (C=O) groups is 1. The fourth-order valence-electron chi connectivity index (χ4n) is 2.54. The molecule has 13 heteroatoms. The van der Waals surface area contributed by atoms with Crippen LogP contribution in [0.1, 0.15) is 20.8 Å². The first-order valence-electron chi connectivity index (χ1n) is 8.76. The number of hydrogen-bond acceptors (Lipinski definition) is 8. The number of benzene rings is 1. The van der Waals surface area contributed by atoms with Crippen molar-refractivity contribution < 1.29 is 32.8 Å². The van der Waals surface area contributed by atoms with Crippen molar-refractivity contribution in [3.63, 3.8) is 0 Å². The summed E-state index contributed by atoms with van der Waals surface area (Å²) in [6.07, 6.45) is 1.02. The second-order valence-corrected chi connectivity index (χ2v) is 8.67. The first-order valence-corrected chi connectivity index (χ1v) is 10.3. The predicted molar refractivity (Wildman–Crippen MR) is 106 cm³/mol. The largest absolute Gasteiger partial charge is 0.482 e. The highest BCUT2D eigenvalue weighted by Crippen LogP contribution is 2.39. The number of phosphoric ester groups is 1. The first-order chi connectivity index (χ1) is 13.9. The zero-order chi connectivity index (χ0) is 22.1. The highest BCUT2D eigenvalue weighted by Gasteiger charge is 2.28. The summed E-state index contributed by atoms with van der Waals surface area (Å²) < 4.78 is 35.0. The minimum Gasteiger partial charge on any atom is -0.482 e. The fourth-order valence-corrected chi connectivity index (χ4v) is 2.81. The molecular formula is C17H21FN5O6P. The fraction of sp³-hybridized carbons (Fsp3) is 0.353. The molecule has 0 atom stereocenters. The van der Waals surface area contributed by atoms with Crippen molar-refractivity contribution in [2.75, 3.05) is 28.9 Å². The lowest BCUT2D eigenvalue weighted by Gasteiger charge is -2.29. The van der Waals surface area contributed by atoms with Crippen LogP contribution in [0.5, 0.6) is 5.75 Å². The van der Waals surface area contributed by atoms with Gasteiger partial charge in [-0.05, 0) is 39.0 Å². The van der Waals surface area contributed by atoms with Gasteiger partial charge in [-0.1, -0.05) is 0 Å². The van der Waals surface area contributed by atoms with Crippen LogP contribution >= 0.6 is 7.82 Å². The molecule has 2 heterocycles. The van der Waals surface area contributed by atoms with Crippen LogP contribution in [0.3, 0.4) is 0 Å². The lowest BCUT2D eigenvalue weighted by Crippen LogP contribution is -2.40. The monoisotopic (exact) mass is 441 g/mol. The topological polar surface area (TPSA) is 146 Å². The Kier molecular flexibility index (Phi) is 5.95. The summed E-state index contributed by atoms with van der Waals surface area (Å²) in [5, 5.41) is 5.84. The summed E-state index contributed by atoms with van der Waals surface area (Å²) in [5.41, 5.74) is 0.220. The maximum absolute atomic E-state index is 14.2. The van der Waals surface area contributed by atoms with E-state index in [4.69, 9.17) is 14.5 Å². The molecule has 0 fully saturated rings. The summed E-state index contributed by atoms with van der Waals surface area (Å²) >= 11 is 0. The Morgan fingerprint density at radius 3 is 2.77 bits per heavy atom. The summed E-state index contributed by atoms with van der Waals surface area (Å²) in [6.45, 7) is 4.72. The van der Waals surface area contributed by atoms with Gasteiger partial charge < -0.3 is 25.2 Å². The van der Waals surface area contributed by atoms with Gasteiger partial charge in [0.05, 0.1) is 11.9 Å². The second-order valence-electron chi connectivity index (χ2n) is 7.43. The van der Waals surface area contributed by atoms with E-state index < -0.39 is 26.3 Å². The zero-order valence-electron chi connectivity index (χ0n) is 16.4. The summed E-state index contributed by atoms with van der Waals surface area (Å²) in [6, 6.07) is 4.56. The van der Waals surface area contributed by atoms with Crippen LogP contribution in [0.2, 0.25) is 0 Å². The number of anilines is 4. The molecule has 1 amide bonds. The number of nitrogens with zero attached hydrogens (tertiary/aromatic N) is 3. The minimum atomic E-state index is -4.79. The van der Waals surface area contributed by atoms with E-state index in [0.29, 0.717) is 11.4 Å². The molecule has 30 heavy (non-hydrogen) atoms. The molecule has 0 saturated heterocycles. The third kappa shape index (κ3) is 5.63. The van der Waals surface area contributed by atoms with Gasteiger partial charge >= 0.3 is 7.82 Å². The maximum Gasteiger partial charge on any atom is 0.471 e. The molecule has 0 bridgehead atoms. The number of ether oxygens (including phenoxy) is 1. The highest BCUT2D eigenvalue weighted by atomic mass is 31.2. The Balaban J connectivity index is 1.87. The molecule has 1 aliphatic rings. The number of aromatic nitrogens is 2. The van der Waals surface area contributed by atoms with Crippen LogP contribution < -0.4 is 20.3 Å². The number of carbonyl (C=O) groups excluding carboxylic acids is 1. The van der Waals surface area contributed by atoms with Gasteiger partial charge in [0.1, 0.15) is 12.5 Å². The van der Waals surface area contributed by atoms with Gasteiger partial charge in [0.2, 0.25) is 5.95 Å². The van der Waals surface area contributed by atoms with E-state index in [1.165, 1.54) is 12.1 Å². The van der Waals surface area contributed by atoms with E-state index in [1.54, 1.807) is 6.07 Å². The van der Waals surface area contributed by atoms with E-state index >= 15 is 0 Å². The Morgan fingerprint density at radius 1 is 1.37 bits per heavy atom. The lowest BCUT2D eigenvalue weighted by atomic mass is 10.1. The molecular weight excluding hydrogens is 420 g/mol. The molecule has 0 unspecified atom stereocenters. The van der Waals surface area contributed by atoms with Gasteiger partial charge in [-0.2, -0.15) is 4.98 Å². The molecule has 1 aromatic heterocycles. The zero-order valence-corrected chi connectivity index (χ0v) is 17.3. The van der Waals surface area contributed by atoms with E-state index in [9.17, 15) is 13.8 Å². The van der Waals surface area contributed by atoms with Crippen molar-refractivity contribution in [3.05, 3.63) is 30.2 Å². The Morgan fingerprint density at radius 2 is 2.10 bits per heavy atom. The maximum atomic E-state index is 14.2. The van der Waals surface area contributed by atoms with Crippen LogP contribution in [-0.4, -0.2) is 44.5 Å². The molecule has 0 aliphatic carbocycles. The average Bonchev–Trinajstić information content (AvgIpc) is 2.61. The van der Waals surface area contributed by atoms with Crippen molar-refractivity contribution in [3.8, 4) is 5.75 Å². The van der Waals surface area contributed by atoms with Gasteiger partial charge in [-0.15, -0.1) is 0 Å². The first kappa shape index (κ1) is 21.9. The molecule has 0 spiro atoms. The van der Waals surface area contributed by atoms with Crippen molar-refractivity contribution in [2.45, 2.75) is 26.3 Å². The quantitative estimate of drug-likeness (QED) is 0.493. The minimum absolute atomic E-state index is 0.0993. The standard InChI is InChI=1S/C17H21FN5O6P/c1-17(2,3)22-16-19-7-11(18)15(21-16)20-10-4-5-13-12(6-10)23(14(24)8-28-13)9-29-30(25,26)27/h4-7H,8-9H2,1-3H3,(H2,25,26,27)(H2,19,20,21,22). The number of fused-ring (bicyclic) bond motifs is 1. The average molecular weight is 441 g/mol. The van der Waals surface area contributed by atoms with E-state index in [2.05, 4.69) is 25.1 Å². The van der Waals surface area contributed by atoms with E-state index in [-0.39, 0.29) is 29.6 Å². The number of hydrogen-bond donors (Lipinski definition) is 4. The molecule has 3 rings (SSSR count). The molecule has 0 saturated carbocycles. The van der Waals surface area contributed by atoms with Gasteiger partial charge in [0.25, 0.3) is 5.91 Å². The highest BCUT2D eigenvalue weighted by molar-refractivity contribution is 7.46. The van der Waals surface area contributed by atoms with Crippen LogP contribution in [0, 0.1) is 5.82 Å². The molecule has 11 nitrogen and oxygen atoms in total. The van der Waals surface area contributed by atoms with Crippen molar-refractivity contribution in [1.82, 2.24) is 9.97 Å². The van der Waals surface area contributed by atoms with Gasteiger partial charge in [0.15, 0.2) is 18.2 Å². The summed E-state index contributed by atoms with van der Waals surface area (Å²) in [7, 11) is -4.79. The number of phosphoric acid groups is 1. The number of amides is 1. The molecule has 2 aromatic rings. The van der Waals surface area contributed by atoms with Crippen LogP contribution in [-0.2, 0) is 13.9 Å². The second kappa shape index (κ2) is 8.15. The SMILES string of the molecule is CC(C)(C)Nc1ncc(F)c(Nc2ccc3c(c2)N(COP(=O)(O)O)C(=O)CO3)n1. The predicted octanol–water partition coefficient (Wildman–Crippen LogP) is 2.36. The lowest BCUT2D eigenvalue weighted by molar-refractivity contribution is -0.122. The van der Waals surface area contributed by atoms with Gasteiger partial charge in [0, 0.05) is 11.2 Å². The van der Waals surface area contributed by atoms with Crippen molar-refractivity contribution >= 4 is 36.9 Å². The number of rotatable bonds is 6. The van der Waals surface area contributed by atoms with E-state index in [1.807, 2.05) is 20.8 Å². The van der Waals surface area contributed by atoms with Crippen molar-refractivity contribution in [1.29, 1.82) is 0 Å². The molecule has 1 aliphatic heterocycles. The van der Waals surface area contributed by atoms with E-state index in [0.717, 1.165) is 11.1 Å². The Hall–Kier alpha value is -2.79. The van der Waals surface area contributed by atoms with Crippen LogP contribution in [0.25, 0.3) is 0 Å². The molecule has 4 N–H and O–H groups in total. The van der Waals surface area contributed by atoms with Crippen molar-refractivity contribution in [2.24, 2.45) is 0 Å². The normalized spacial score (nSPS) is 14.2. The van der Waals surface area contributed by atoms with Gasteiger partial charge in [-0.25, -0.2) is 13.9 Å². The third-order valence-electron chi connectivity index (χ3n) is 3.75. The molecule has 0 radical (unpaired) electrons. The Bertz CT molecular complexity index is 1010. The van der Waals surface area contributed by atoms with Crippen LogP contribution in [0.15, 0.2) is 24.4 Å². The molecule has 1 aromatic carbocycles. The number of nitrogens with one attached hydrogen (secondary N) is 2. The number of halogens is 1. The smallest absolute Gasteiger partial charge is 0.471 e. The van der Waals surface area contributed by atoms with Crippen LogP contribution in [0.4, 0.5) is 27.5 Å². The van der Waals surface area contributed by atoms with Gasteiger partial charge in [-0.3, -0.25) is 14.2 Å². The summed E-state index contributed by atoms with van der Waals surface area (Å²) in [4.78, 5) is 39.0.